The van der Waals surface area contributed by atoms with Crippen molar-refractivity contribution in [3.05, 3.63) is 76.9 Å². The Bertz CT molecular complexity index is 1870. The summed E-state index contributed by atoms with van der Waals surface area (Å²) in [6.07, 6.45) is 13.8. The third-order valence-electron chi connectivity index (χ3n) is 13.4. The molecule has 0 saturated heterocycles. The highest BCUT2D eigenvalue weighted by Crippen LogP contribution is 2.60. The van der Waals surface area contributed by atoms with Gasteiger partial charge in [0.1, 0.15) is 15.0 Å². The molecule has 6 saturated carbocycles. The molecule has 6 nitrogen and oxygen atoms in total. The number of hydrogen-bond acceptors (Lipinski definition) is 6. The number of hydrogen-bond donors (Lipinski definition) is 0. The van der Waals surface area contributed by atoms with E-state index in [1.165, 1.54) is 50.2 Å². The lowest BCUT2D eigenvalue weighted by Crippen LogP contribution is -2.25. The van der Waals surface area contributed by atoms with E-state index in [1.54, 1.807) is 12.1 Å². The molecule has 0 amide bonds. The van der Waals surface area contributed by atoms with Crippen LogP contribution in [0.25, 0.3) is 10.8 Å². The van der Waals surface area contributed by atoms with Crippen molar-refractivity contribution >= 4 is 31.0 Å². The van der Waals surface area contributed by atoms with Crippen LogP contribution in [0.3, 0.4) is 0 Å². The summed E-state index contributed by atoms with van der Waals surface area (Å²) in [6.45, 7) is 0. The van der Waals surface area contributed by atoms with Crippen molar-refractivity contribution in [2.75, 3.05) is 0 Å². The summed E-state index contributed by atoms with van der Waals surface area (Å²) in [5, 5.41) is 1.58. The van der Waals surface area contributed by atoms with Gasteiger partial charge in [-0.3, -0.25) is 0 Å². The molecule has 0 aliphatic heterocycles. The lowest BCUT2D eigenvalue weighted by atomic mass is 9.75. The van der Waals surface area contributed by atoms with E-state index in [1.807, 2.05) is 24.3 Å². The molecular formula is C38H43O6S2-. The van der Waals surface area contributed by atoms with Crippen LogP contribution in [0, 0.1) is 35.5 Å². The van der Waals surface area contributed by atoms with E-state index in [4.69, 9.17) is 4.18 Å². The third kappa shape index (κ3) is 5.00. The Morgan fingerprint density at radius 3 is 1.61 bits per heavy atom. The highest BCUT2D eigenvalue weighted by molar-refractivity contribution is 7.89. The van der Waals surface area contributed by atoms with Crippen molar-refractivity contribution in [1.29, 1.82) is 0 Å². The largest absolute Gasteiger partial charge is 0.746 e. The van der Waals surface area contributed by atoms with Crippen LogP contribution < -0.4 is 0 Å². The SMILES string of the molecule is O=S(=O)(OC(c1ccc2ccccc2c1)S(=O)(=O)[O-])c1c(C2CC3CCC2C3)cc(C2CC3CCC2C3)cc1C1CC2CCC1C2. The fraction of sp³-hybridized carbons (Fsp3) is 0.579. The van der Waals surface area contributed by atoms with Gasteiger partial charge in [-0.05, 0) is 150 Å². The Labute approximate surface area is 273 Å². The van der Waals surface area contributed by atoms with Crippen molar-refractivity contribution in [1.82, 2.24) is 0 Å². The van der Waals surface area contributed by atoms with Crippen LogP contribution in [-0.4, -0.2) is 21.4 Å². The third-order valence-corrected chi connectivity index (χ3v) is 15.8. The molecule has 3 aromatic carbocycles. The van der Waals surface area contributed by atoms with Crippen LogP contribution in [0.1, 0.15) is 122 Å². The quantitative estimate of drug-likeness (QED) is 0.178. The molecule has 0 heterocycles. The van der Waals surface area contributed by atoms with Gasteiger partial charge in [-0.25, -0.2) is 12.6 Å². The first kappa shape index (κ1) is 29.8. The second-order valence-electron chi connectivity index (χ2n) is 15.9. The molecule has 0 N–H and O–H groups in total. The normalized spacial score (nSPS) is 35.5. The van der Waals surface area contributed by atoms with Crippen LogP contribution in [0.15, 0.2) is 59.5 Å². The molecule has 8 heteroatoms. The van der Waals surface area contributed by atoms with Gasteiger partial charge in [-0.1, -0.05) is 67.8 Å². The monoisotopic (exact) mass is 659 g/mol. The Balaban J connectivity index is 1.20. The molecule has 6 fully saturated rings. The van der Waals surface area contributed by atoms with Crippen LogP contribution in [0.5, 0.6) is 0 Å². The molecule has 10 unspecified atom stereocenters. The molecular weight excluding hydrogens is 617 g/mol. The van der Waals surface area contributed by atoms with Gasteiger partial charge in [0, 0.05) is 0 Å². The molecule has 9 rings (SSSR count). The van der Waals surface area contributed by atoms with Gasteiger partial charge >= 0.3 is 0 Å². The summed E-state index contributed by atoms with van der Waals surface area (Å²) < 4.78 is 73.9. The molecule has 244 valence electrons. The number of fused-ring (bicyclic) bond motifs is 7. The van der Waals surface area contributed by atoms with E-state index in [2.05, 4.69) is 12.1 Å². The average molecular weight is 660 g/mol. The second kappa shape index (κ2) is 10.9. The summed E-state index contributed by atoms with van der Waals surface area (Å²) in [7, 11) is -9.83. The van der Waals surface area contributed by atoms with Crippen molar-refractivity contribution in [3.8, 4) is 0 Å². The molecule has 6 aliphatic carbocycles. The van der Waals surface area contributed by atoms with Gasteiger partial charge < -0.3 is 4.55 Å². The summed E-state index contributed by atoms with van der Waals surface area (Å²) in [5.41, 5.74) is 0.882. The average Bonchev–Trinajstić information content (AvgIpc) is 3.91. The van der Waals surface area contributed by atoms with Crippen molar-refractivity contribution in [2.45, 2.75) is 105 Å². The fourth-order valence-electron chi connectivity index (χ4n) is 11.4. The first-order chi connectivity index (χ1) is 22.1. The van der Waals surface area contributed by atoms with Crippen molar-refractivity contribution in [2.24, 2.45) is 35.5 Å². The van der Waals surface area contributed by atoms with Crippen molar-refractivity contribution in [3.63, 3.8) is 0 Å². The van der Waals surface area contributed by atoms with Gasteiger partial charge in [0.25, 0.3) is 10.1 Å². The zero-order valence-corrected chi connectivity index (χ0v) is 27.9. The minimum Gasteiger partial charge on any atom is -0.746 e. The van der Waals surface area contributed by atoms with Gasteiger partial charge in [0.15, 0.2) is 5.44 Å². The Hall–Kier alpha value is -2.26. The smallest absolute Gasteiger partial charge is 0.299 e. The first-order valence-electron chi connectivity index (χ1n) is 17.6. The lowest BCUT2D eigenvalue weighted by molar-refractivity contribution is 0.262. The molecule has 0 spiro atoms. The van der Waals surface area contributed by atoms with Gasteiger partial charge in [-0.15, -0.1) is 0 Å². The number of benzene rings is 3. The summed E-state index contributed by atoms with van der Waals surface area (Å²) in [5.74, 6) is 4.20. The van der Waals surface area contributed by atoms with Gasteiger partial charge in [0.2, 0.25) is 0 Å². The van der Waals surface area contributed by atoms with E-state index in [0.717, 1.165) is 66.3 Å². The standard InChI is InChI=1S/C38H44O6S2/c39-45(40,41)38(30-12-11-25-3-1-2-4-26(25)19-30)44-46(42,43)37-35(33-17-23-6-9-28(33)14-23)20-31(32-16-22-5-8-27(32)13-22)21-36(37)34-18-24-7-10-29(34)15-24/h1-4,11-12,19-24,27-29,32-34,38H,5-10,13-18H2,(H,39,40,41)/p-1. The summed E-state index contributed by atoms with van der Waals surface area (Å²) in [4.78, 5) is 0.198. The minimum atomic E-state index is -5.19. The van der Waals surface area contributed by atoms with Gasteiger partial charge in [-0.2, -0.15) is 8.42 Å². The van der Waals surface area contributed by atoms with E-state index >= 15 is 0 Å². The van der Waals surface area contributed by atoms with Crippen LogP contribution in [0.4, 0.5) is 0 Å². The first-order valence-corrected chi connectivity index (χ1v) is 20.5. The highest BCUT2D eigenvalue weighted by Gasteiger charge is 2.48. The molecule has 10 atom stereocenters. The fourth-order valence-corrected chi connectivity index (χ4v) is 14.1. The van der Waals surface area contributed by atoms with Crippen LogP contribution >= 0.6 is 0 Å². The Kier molecular flexibility index (Phi) is 7.06. The highest BCUT2D eigenvalue weighted by atomic mass is 32.2. The maximum atomic E-state index is 14.8. The molecule has 6 bridgehead atoms. The maximum Gasteiger partial charge on any atom is 0.299 e. The molecule has 0 radical (unpaired) electrons. The molecule has 46 heavy (non-hydrogen) atoms. The Morgan fingerprint density at radius 2 is 1.13 bits per heavy atom. The molecule has 3 aromatic rings. The zero-order valence-electron chi connectivity index (χ0n) is 26.2. The Morgan fingerprint density at radius 1 is 0.609 bits per heavy atom. The minimum absolute atomic E-state index is 0.0406. The topological polar surface area (TPSA) is 101 Å². The molecule has 6 aliphatic rings. The lowest BCUT2D eigenvalue weighted by Gasteiger charge is -2.33. The van der Waals surface area contributed by atoms with Crippen LogP contribution in [0.2, 0.25) is 0 Å². The van der Waals surface area contributed by atoms with E-state index in [0.29, 0.717) is 35.5 Å². The van der Waals surface area contributed by atoms with E-state index in [9.17, 15) is 21.4 Å². The van der Waals surface area contributed by atoms with E-state index in [-0.39, 0.29) is 22.3 Å². The summed E-state index contributed by atoms with van der Waals surface area (Å²) in [6, 6.07) is 16.6. The predicted octanol–water partition coefficient (Wildman–Crippen LogP) is 8.50. The summed E-state index contributed by atoms with van der Waals surface area (Å²) >= 11 is 0. The van der Waals surface area contributed by atoms with E-state index < -0.39 is 25.7 Å². The van der Waals surface area contributed by atoms with Gasteiger partial charge in [0.05, 0.1) is 0 Å². The van der Waals surface area contributed by atoms with Crippen LogP contribution in [-0.2, 0) is 24.4 Å². The second-order valence-corrected chi connectivity index (χ2v) is 18.8. The molecule has 0 aromatic heterocycles. The number of rotatable bonds is 8. The maximum absolute atomic E-state index is 14.8. The van der Waals surface area contributed by atoms with Crippen molar-refractivity contribution < 1.29 is 25.6 Å². The zero-order chi connectivity index (χ0) is 31.4. The predicted molar refractivity (Wildman–Crippen MR) is 176 cm³/mol.